The lowest BCUT2D eigenvalue weighted by Crippen LogP contribution is -2.36. The molecule has 0 saturated heterocycles. The third-order valence-electron chi connectivity index (χ3n) is 4.38. The second-order valence-electron chi connectivity index (χ2n) is 6.11. The van der Waals surface area contributed by atoms with Crippen LogP contribution in [0.3, 0.4) is 0 Å². The minimum Gasteiger partial charge on any atom is -0.343 e. The molecule has 0 aliphatic rings. The van der Waals surface area contributed by atoms with Gasteiger partial charge in [0.25, 0.3) is 5.91 Å². The van der Waals surface area contributed by atoms with Crippen molar-refractivity contribution in [2.24, 2.45) is 5.73 Å². The number of carbonyl (C=O) groups excluding carboxylic acids is 1. The van der Waals surface area contributed by atoms with Crippen LogP contribution in [0.5, 0.6) is 0 Å². The van der Waals surface area contributed by atoms with E-state index in [1.807, 2.05) is 91.9 Å². The van der Waals surface area contributed by atoms with Crippen molar-refractivity contribution >= 4 is 5.91 Å². The number of hydrogen-bond donors (Lipinski definition) is 2. The Labute approximate surface area is 148 Å². The zero-order chi connectivity index (χ0) is 17.6. The number of nitrogens with one attached hydrogen (secondary N) is 1. The van der Waals surface area contributed by atoms with Gasteiger partial charge in [-0.05, 0) is 29.7 Å². The Morgan fingerprint density at radius 2 is 1.32 bits per heavy atom. The highest BCUT2D eigenvalue weighted by Gasteiger charge is 2.24. The number of benzene rings is 3. The minimum absolute atomic E-state index is 0.113. The molecule has 3 aromatic rings. The highest BCUT2D eigenvalue weighted by atomic mass is 16.1. The second-order valence-corrected chi connectivity index (χ2v) is 6.11. The summed E-state index contributed by atoms with van der Waals surface area (Å²) < 4.78 is 0. The third kappa shape index (κ3) is 3.95. The molecule has 0 aromatic heterocycles. The fraction of sp³-hybridized carbons (Fsp3) is 0.136. The van der Waals surface area contributed by atoms with Gasteiger partial charge >= 0.3 is 0 Å². The predicted octanol–water partition coefficient (Wildman–Crippen LogP) is 4.17. The molecule has 0 aliphatic carbocycles. The molecule has 3 aromatic carbocycles. The number of nitrogens with two attached hydrogens (primary N) is 1. The molecule has 0 radical (unpaired) electrons. The highest BCUT2D eigenvalue weighted by molar-refractivity contribution is 5.95. The molecule has 0 spiro atoms. The molecule has 0 saturated carbocycles. The predicted molar refractivity (Wildman–Crippen MR) is 101 cm³/mol. The maximum Gasteiger partial charge on any atom is 0.252 e. The van der Waals surface area contributed by atoms with Crippen LogP contribution in [-0.4, -0.2) is 5.91 Å². The van der Waals surface area contributed by atoms with Crippen LogP contribution in [0.25, 0.3) is 0 Å². The quantitative estimate of drug-likeness (QED) is 0.738. The molecule has 0 fully saturated rings. The Morgan fingerprint density at radius 1 is 0.800 bits per heavy atom. The topological polar surface area (TPSA) is 55.1 Å². The first-order valence-electron chi connectivity index (χ1n) is 8.39. The minimum atomic E-state index is -0.337. The zero-order valence-corrected chi connectivity index (χ0v) is 14.2. The van der Waals surface area contributed by atoms with E-state index in [9.17, 15) is 4.79 Å². The summed E-state index contributed by atoms with van der Waals surface area (Å²) in [6, 6.07) is 26.6. The summed E-state index contributed by atoms with van der Waals surface area (Å²) in [4.78, 5) is 12.8. The summed E-state index contributed by atoms with van der Waals surface area (Å²) in [5.74, 6) is -0.113. The molecule has 0 bridgehead atoms. The number of aryl methyl sites for hydroxylation is 1. The lowest BCUT2D eigenvalue weighted by atomic mass is 9.93. The van der Waals surface area contributed by atoms with Gasteiger partial charge in [0.05, 0.1) is 12.1 Å². The molecule has 3 rings (SSSR count). The van der Waals surface area contributed by atoms with Crippen LogP contribution in [0.15, 0.2) is 84.9 Å². The van der Waals surface area contributed by atoms with Gasteiger partial charge in [0, 0.05) is 5.56 Å². The van der Waals surface area contributed by atoms with Crippen LogP contribution in [0.2, 0.25) is 0 Å². The van der Waals surface area contributed by atoms with E-state index in [4.69, 9.17) is 5.73 Å². The first kappa shape index (κ1) is 16.9. The van der Waals surface area contributed by atoms with Gasteiger partial charge in [-0.2, -0.15) is 0 Å². The summed E-state index contributed by atoms with van der Waals surface area (Å²) in [6.07, 6.45) is 0. The van der Waals surface area contributed by atoms with E-state index in [0.717, 1.165) is 16.7 Å². The van der Waals surface area contributed by atoms with E-state index in [1.54, 1.807) is 0 Å². The molecule has 0 unspecified atom stereocenters. The number of hydrogen-bond acceptors (Lipinski definition) is 2. The summed E-state index contributed by atoms with van der Waals surface area (Å²) in [6.45, 7) is 1.93. The normalized spacial score (nSPS) is 13.0. The molecule has 25 heavy (non-hydrogen) atoms. The molecule has 3 heteroatoms. The average Bonchev–Trinajstić information content (AvgIpc) is 2.67. The van der Waals surface area contributed by atoms with Gasteiger partial charge in [0.2, 0.25) is 0 Å². The molecule has 0 heterocycles. The van der Waals surface area contributed by atoms with E-state index >= 15 is 0 Å². The molecule has 1 amide bonds. The maximum atomic E-state index is 12.8. The highest BCUT2D eigenvalue weighted by Crippen LogP contribution is 2.27. The number of rotatable bonds is 5. The number of amides is 1. The van der Waals surface area contributed by atoms with Crippen LogP contribution in [0.4, 0.5) is 0 Å². The van der Waals surface area contributed by atoms with Crippen molar-refractivity contribution in [2.75, 3.05) is 0 Å². The van der Waals surface area contributed by atoms with Crippen molar-refractivity contribution < 1.29 is 4.79 Å². The molecule has 3 nitrogen and oxygen atoms in total. The lowest BCUT2D eigenvalue weighted by molar-refractivity contribution is 0.0930. The molecule has 0 aliphatic heterocycles. The van der Waals surface area contributed by atoms with Gasteiger partial charge in [-0.1, -0.05) is 78.9 Å². The fourth-order valence-corrected chi connectivity index (χ4v) is 2.96. The summed E-state index contributed by atoms with van der Waals surface area (Å²) in [7, 11) is 0. The lowest BCUT2D eigenvalue weighted by Gasteiger charge is -2.26. The second kappa shape index (κ2) is 7.77. The van der Waals surface area contributed by atoms with Crippen LogP contribution in [0.1, 0.15) is 39.1 Å². The molecular weight excluding hydrogens is 308 g/mol. The van der Waals surface area contributed by atoms with Crippen molar-refractivity contribution in [1.82, 2.24) is 5.32 Å². The van der Waals surface area contributed by atoms with Gasteiger partial charge < -0.3 is 11.1 Å². The van der Waals surface area contributed by atoms with Gasteiger partial charge in [-0.15, -0.1) is 0 Å². The van der Waals surface area contributed by atoms with Crippen LogP contribution in [-0.2, 0) is 0 Å². The Balaban J connectivity index is 1.92. The van der Waals surface area contributed by atoms with Crippen molar-refractivity contribution in [2.45, 2.75) is 19.0 Å². The molecule has 3 N–H and O–H groups in total. The van der Waals surface area contributed by atoms with Gasteiger partial charge in [0.15, 0.2) is 0 Å². The summed E-state index contributed by atoms with van der Waals surface area (Å²) >= 11 is 0. The zero-order valence-electron chi connectivity index (χ0n) is 14.2. The van der Waals surface area contributed by atoms with E-state index in [2.05, 4.69) is 5.32 Å². The first-order chi connectivity index (χ1) is 12.2. The van der Waals surface area contributed by atoms with E-state index in [0.29, 0.717) is 5.56 Å². The SMILES string of the molecule is Cc1ccccc1C(=O)N[C@@H](c1ccccc1)[C@@H](N)c1ccccc1. The van der Waals surface area contributed by atoms with Gasteiger partial charge in [0.1, 0.15) is 0 Å². The van der Waals surface area contributed by atoms with Crippen molar-refractivity contribution in [3.63, 3.8) is 0 Å². The van der Waals surface area contributed by atoms with E-state index in [-0.39, 0.29) is 18.0 Å². The van der Waals surface area contributed by atoms with E-state index in [1.165, 1.54) is 0 Å². The summed E-state index contributed by atoms with van der Waals surface area (Å²) in [5, 5.41) is 3.12. The Kier molecular flexibility index (Phi) is 5.26. The van der Waals surface area contributed by atoms with Gasteiger partial charge in [-0.25, -0.2) is 0 Å². The first-order valence-corrected chi connectivity index (χ1v) is 8.39. The van der Waals surface area contributed by atoms with Crippen molar-refractivity contribution in [1.29, 1.82) is 0 Å². The standard InChI is InChI=1S/C22H22N2O/c1-16-10-8-9-15-19(16)22(25)24-21(18-13-6-3-7-14-18)20(23)17-11-4-2-5-12-17/h2-15,20-21H,23H2,1H3,(H,24,25)/t20-,21-/m0/s1. The largest absolute Gasteiger partial charge is 0.343 e. The van der Waals surface area contributed by atoms with Crippen LogP contribution < -0.4 is 11.1 Å². The van der Waals surface area contributed by atoms with Crippen LogP contribution >= 0.6 is 0 Å². The number of carbonyl (C=O) groups is 1. The van der Waals surface area contributed by atoms with Crippen molar-refractivity contribution in [3.05, 3.63) is 107 Å². The fourth-order valence-electron chi connectivity index (χ4n) is 2.96. The Hall–Kier alpha value is -2.91. The molecule has 126 valence electrons. The smallest absolute Gasteiger partial charge is 0.252 e. The monoisotopic (exact) mass is 330 g/mol. The van der Waals surface area contributed by atoms with E-state index < -0.39 is 0 Å². The summed E-state index contributed by atoms with van der Waals surface area (Å²) in [5.41, 5.74) is 10.1. The van der Waals surface area contributed by atoms with Crippen LogP contribution in [0, 0.1) is 6.92 Å². The Morgan fingerprint density at radius 3 is 1.92 bits per heavy atom. The van der Waals surface area contributed by atoms with Gasteiger partial charge in [-0.3, -0.25) is 4.79 Å². The maximum absolute atomic E-state index is 12.8. The molecular formula is C22H22N2O. The Bertz CT molecular complexity index is 831. The molecule has 2 atom stereocenters. The third-order valence-corrected chi connectivity index (χ3v) is 4.38. The average molecular weight is 330 g/mol. The van der Waals surface area contributed by atoms with Crippen molar-refractivity contribution in [3.8, 4) is 0 Å².